The van der Waals surface area contributed by atoms with Gasteiger partial charge < -0.3 is 9.68 Å². The van der Waals surface area contributed by atoms with Crippen LogP contribution >= 0.6 is 0 Å². The first-order valence-electron chi connectivity index (χ1n) is 16.4. The highest BCUT2D eigenvalue weighted by Gasteiger charge is 2.35. The Labute approximate surface area is 285 Å². The average molecular weight is 697 g/mol. The largest absolute Gasteiger partial charge is 0.438 e. The van der Waals surface area contributed by atoms with E-state index in [2.05, 4.69) is 0 Å². The Bertz CT molecular complexity index is 1670. The Morgan fingerprint density at radius 2 is 0.800 bits per heavy atom. The molecule has 6 rings (SSSR count). The van der Waals surface area contributed by atoms with Crippen LogP contribution in [0.4, 0.5) is 26.3 Å². The summed E-state index contributed by atoms with van der Waals surface area (Å²) in [7, 11) is 0. The molecule has 0 radical (unpaired) electrons. The zero-order valence-electron chi connectivity index (χ0n) is 26.8. The van der Waals surface area contributed by atoms with E-state index >= 15 is 0 Å². The van der Waals surface area contributed by atoms with Crippen LogP contribution in [-0.4, -0.2) is 48.2 Å². The standard InChI is InChI=1S/C38H34F6N2O4/c39-29-7-1-23(2-8-29)35(27-5-11-31(41)33(43)21-27)25-13-17-45(18-14-25)49-37(47)38(48)50-46-19-15-26(16-20-46)36(24-3-9-30(40)10-4-24)28-6-12-32(42)34(44)22-28/h1-12,21-22,25-26,35-36H,13-20H2. The number of rotatable bonds is 8. The van der Waals surface area contributed by atoms with E-state index in [0.29, 0.717) is 36.8 Å². The highest BCUT2D eigenvalue weighted by molar-refractivity contribution is 6.29. The number of hydrogen-bond acceptors (Lipinski definition) is 6. The number of hydroxylamine groups is 4. The van der Waals surface area contributed by atoms with Crippen molar-refractivity contribution in [2.75, 3.05) is 26.2 Å². The maximum Gasteiger partial charge on any atom is 0.438 e. The third-order valence-corrected chi connectivity index (χ3v) is 9.59. The van der Waals surface area contributed by atoms with E-state index < -0.39 is 46.8 Å². The lowest BCUT2D eigenvalue weighted by molar-refractivity contribution is -0.223. The highest BCUT2D eigenvalue weighted by atomic mass is 19.2. The second kappa shape index (κ2) is 15.5. The fourth-order valence-corrected chi connectivity index (χ4v) is 7.14. The molecule has 0 aromatic heterocycles. The average Bonchev–Trinajstić information content (AvgIpc) is 3.11. The molecule has 0 N–H and O–H groups in total. The van der Waals surface area contributed by atoms with Crippen LogP contribution in [0.25, 0.3) is 0 Å². The molecule has 0 spiro atoms. The molecule has 2 aliphatic heterocycles. The Balaban J connectivity index is 1.03. The zero-order chi connectivity index (χ0) is 35.4. The van der Waals surface area contributed by atoms with Crippen LogP contribution in [0.15, 0.2) is 84.9 Å². The molecule has 4 aromatic carbocycles. The highest BCUT2D eigenvalue weighted by Crippen LogP contribution is 2.40. The molecule has 2 heterocycles. The van der Waals surface area contributed by atoms with Crippen molar-refractivity contribution in [1.82, 2.24) is 10.1 Å². The van der Waals surface area contributed by atoms with Gasteiger partial charge in [0.1, 0.15) is 11.6 Å². The van der Waals surface area contributed by atoms with E-state index in [4.69, 9.17) is 9.68 Å². The van der Waals surface area contributed by atoms with Crippen molar-refractivity contribution in [2.45, 2.75) is 37.5 Å². The second-order valence-corrected chi connectivity index (χ2v) is 12.7. The van der Waals surface area contributed by atoms with Crippen molar-refractivity contribution in [2.24, 2.45) is 11.8 Å². The molecule has 2 fully saturated rings. The van der Waals surface area contributed by atoms with Crippen LogP contribution in [0.3, 0.4) is 0 Å². The molecule has 4 aromatic rings. The van der Waals surface area contributed by atoms with Gasteiger partial charge in [-0.2, -0.15) is 0 Å². The first-order valence-corrected chi connectivity index (χ1v) is 16.4. The molecule has 0 bridgehead atoms. The number of piperidine rings is 2. The van der Waals surface area contributed by atoms with E-state index in [1.54, 1.807) is 24.3 Å². The Kier molecular flexibility index (Phi) is 10.9. The third kappa shape index (κ3) is 8.19. The summed E-state index contributed by atoms with van der Waals surface area (Å²) in [5.74, 6) is -8.09. The molecule has 2 unspecified atom stereocenters. The fraction of sp³-hybridized carbons (Fsp3) is 0.316. The fourth-order valence-electron chi connectivity index (χ4n) is 7.14. The second-order valence-electron chi connectivity index (χ2n) is 12.7. The van der Waals surface area contributed by atoms with Gasteiger partial charge in [-0.3, -0.25) is 0 Å². The van der Waals surface area contributed by atoms with Gasteiger partial charge in [-0.1, -0.05) is 36.4 Å². The first-order chi connectivity index (χ1) is 24.0. The molecule has 2 aliphatic rings. The minimum absolute atomic E-state index is 0.0846. The summed E-state index contributed by atoms with van der Waals surface area (Å²) in [6, 6.07) is 19.1. The summed E-state index contributed by atoms with van der Waals surface area (Å²) >= 11 is 0. The number of carbonyl (C=O) groups excluding carboxylic acids is 2. The Hall–Kier alpha value is -4.68. The molecule has 0 saturated carbocycles. The van der Waals surface area contributed by atoms with Gasteiger partial charge >= 0.3 is 11.9 Å². The monoisotopic (exact) mass is 696 g/mol. The Morgan fingerprint density at radius 3 is 1.12 bits per heavy atom. The molecule has 2 atom stereocenters. The van der Waals surface area contributed by atoms with Crippen LogP contribution in [0.1, 0.15) is 59.8 Å². The van der Waals surface area contributed by atoms with Gasteiger partial charge in [-0.15, -0.1) is 10.1 Å². The zero-order valence-corrected chi connectivity index (χ0v) is 26.8. The van der Waals surface area contributed by atoms with E-state index in [1.807, 2.05) is 0 Å². The summed E-state index contributed by atoms with van der Waals surface area (Å²) in [6.45, 7) is 1.02. The quantitative estimate of drug-likeness (QED) is 0.138. The number of nitrogens with zero attached hydrogens (tertiary/aromatic N) is 2. The van der Waals surface area contributed by atoms with Gasteiger partial charge in [0.25, 0.3) is 0 Å². The molecule has 0 amide bonds. The Morgan fingerprint density at radius 1 is 0.480 bits per heavy atom. The molecule has 2 saturated heterocycles. The predicted molar refractivity (Wildman–Crippen MR) is 170 cm³/mol. The van der Waals surface area contributed by atoms with Gasteiger partial charge in [0, 0.05) is 38.0 Å². The minimum Gasteiger partial charge on any atom is -0.359 e. The predicted octanol–water partition coefficient (Wildman–Crippen LogP) is 7.83. The lowest BCUT2D eigenvalue weighted by Crippen LogP contribution is -2.42. The summed E-state index contributed by atoms with van der Waals surface area (Å²) in [5.41, 5.74) is 2.53. The van der Waals surface area contributed by atoms with Crippen molar-refractivity contribution in [3.63, 3.8) is 0 Å². The number of carbonyl (C=O) groups is 2. The first kappa shape index (κ1) is 35.2. The summed E-state index contributed by atoms with van der Waals surface area (Å²) in [5, 5.41) is 2.71. The van der Waals surface area contributed by atoms with Gasteiger partial charge in [-0.05, 0) is 108 Å². The van der Waals surface area contributed by atoms with Gasteiger partial charge in [0.15, 0.2) is 23.3 Å². The summed E-state index contributed by atoms with van der Waals surface area (Å²) < 4.78 is 83.1. The van der Waals surface area contributed by atoms with Crippen molar-refractivity contribution in [3.8, 4) is 0 Å². The molecule has 6 nitrogen and oxygen atoms in total. The van der Waals surface area contributed by atoms with Crippen molar-refractivity contribution in [1.29, 1.82) is 0 Å². The molecule has 0 aliphatic carbocycles. The van der Waals surface area contributed by atoms with E-state index in [9.17, 15) is 35.9 Å². The lowest BCUT2D eigenvalue weighted by atomic mass is 9.76. The maximum atomic E-state index is 14.2. The van der Waals surface area contributed by atoms with Crippen molar-refractivity contribution in [3.05, 3.63) is 142 Å². The molecule has 50 heavy (non-hydrogen) atoms. The van der Waals surface area contributed by atoms with E-state index in [-0.39, 0.29) is 49.9 Å². The maximum absolute atomic E-state index is 14.2. The summed E-state index contributed by atoms with van der Waals surface area (Å²) in [6.07, 6.45) is 1.90. The minimum atomic E-state index is -1.20. The van der Waals surface area contributed by atoms with E-state index in [1.165, 1.54) is 46.5 Å². The SMILES string of the molecule is O=C(ON1CCC(C(c2ccc(F)cc2)c2ccc(F)c(F)c2)CC1)C(=O)ON1CCC(C(c2ccc(F)cc2)c2ccc(F)c(F)c2)CC1. The number of benzene rings is 4. The molecular weight excluding hydrogens is 662 g/mol. The van der Waals surface area contributed by atoms with Crippen LogP contribution in [0, 0.1) is 46.7 Å². The van der Waals surface area contributed by atoms with E-state index in [0.717, 1.165) is 35.4 Å². The number of hydrogen-bond donors (Lipinski definition) is 0. The van der Waals surface area contributed by atoms with Crippen LogP contribution in [0.5, 0.6) is 0 Å². The third-order valence-electron chi connectivity index (χ3n) is 9.59. The van der Waals surface area contributed by atoms with Crippen LogP contribution < -0.4 is 0 Å². The smallest absolute Gasteiger partial charge is 0.359 e. The van der Waals surface area contributed by atoms with Crippen molar-refractivity contribution >= 4 is 11.9 Å². The van der Waals surface area contributed by atoms with Crippen LogP contribution in [0.2, 0.25) is 0 Å². The van der Waals surface area contributed by atoms with Crippen molar-refractivity contribution < 1.29 is 45.6 Å². The lowest BCUT2D eigenvalue weighted by Gasteiger charge is -2.36. The van der Waals surface area contributed by atoms with Crippen LogP contribution in [-0.2, 0) is 19.3 Å². The summed E-state index contributed by atoms with van der Waals surface area (Å²) in [4.78, 5) is 36.1. The molecule has 262 valence electrons. The van der Waals surface area contributed by atoms with Gasteiger partial charge in [0.05, 0.1) is 0 Å². The molecular formula is C38H34F6N2O4. The van der Waals surface area contributed by atoms with Gasteiger partial charge in [-0.25, -0.2) is 35.9 Å². The normalized spacial score (nSPS) is 17.6. The number of halogens is 6. The van der Waals surface area contributed by atoms with Gasteiger partial charge in [0.2, 0.25) is 0 Å². The molecule has 12 heteroatoms. The topological polar surface area (TPSA) is 59.1 Å².